The summed E-state index contributed by atoms with van der Waals surface area (Å²) in [5.74, 6) is -0.513. The molecule has 1 N–H and O–H groups in total. The second kappa shape index (κ2) is 15.6. The van der Waals surface area contributed by atoms with Crippen molar-refractivity contribution in [2.75, 3.05) is 17.1 Å². The standard InChI is InChI=1S/C33H41Cl2N3O4S/c1-6-24(3)36-33(40)31(21-26-13-8-7-9-14-26)37(22-27-17-18-28(34)29(35)20-27)32(39)16-11-19-38(43(5,41)42)30-15-10-12-23(2)25(30)4/h7-10,12-15,17-18,20,24,31H,6,11,16,19,21-22H2,1-5H3,(H,36,40)/t24-,31-/m0/s1. The third kappa shape index (κ3) is 9.71. The van der Waals surface area contributed by atoms with Gasteiger partial charge < -0.3 is 10.2 Å². The zero-order valence-electron chi connectivity index (χ0n) is 25.4. The summed E-state index contributed by atoms with van der Waals surface area (Å²) in [7, 11) is -3.60. The van der Waals surface area contributed by atoms with Crippen molar-refractivity contribution < 1.29 is 18.0 Å². The number of nitrogens with zero attached hydrogens (tertiary/aromatic N) is 2. The van der Waals surface area contributed by atoms with Crippen molar-refractivity contribution in [2.45, 2.75) is 72.0 Å². The summed E-state index contributed by atoms with van der Waals surface area (Å²) in [5.41, 5.74) is 4.08. The molecule has 3 aromatic rings. The molecule has 43 heavy (non-hydrogen) atoms. The van der Waals surface area contributed by atoms with Gasteiger partial charge in [-0.25, -0.2) is 8.42 Å². The van der Waals surface area contributed by atoms with Gasteiger partial charge in [-0.3, -0.25) is 13.9 Å². The van der Waals surface area contributed by atoms with Crippen LogP contribution in [0.4, 0.5) is 5.69 Å². The van der Waals surface area contributed by atoms with Crippen molar-refractivity contribution in [1.82, 2.24) is 10.2 Å². The van der Waals surface area contributed by atoms with Gasteiger partial charge in [0.2, 0.25) is 21.8 Å². The number of sulfonamides is 1. The normalized spacial score (nSPS) is 12.8. The molecule has 3 rings (SSSR count). The van der Waals surface area contributed by atoms with Crippen LogP contribution in [0.5, 0.6) is 0 Å². The van der Waals surface area contributed by atoms with Crippen molar-refractivity contribution in [3.63, 3.8) is 0 Å². The molecule has 0 saturated heterocycles. The fourth-order valence-electron chi connectivity index (χ4n) is 4.82. The van der Waals surface area contributed by atoms with Gasteiger partial charge in [-0.2, -0.15) is 0 Å². The van der Waals surface area contributed by atoms with Crippen molar-refractivity contribution in [3.8, 4) is 0 Å². The first-order valence-electron chi connectivity index (χ1n) is 14.4. The lowest BCUT2D eigenvalue weighted by molar-refractivity contribution is -0.141. The smallest absolute Gasteiger partial charge is 0.243 e. The van der Waals surface area contributed by atoms with Crippen molar-refractivity contribution in [3.05, 3.63) is 99.0 Å². The predicted molar refractivity (Wildman–Crippen MR) is 176 cm³/mol. The summed E-state index contributed by atoms with van der Waals surface area (Å²) in [6, 6.07) is 19.4. The minimum Gasteiger partial charge on any atom is -0.352 e. The Morgan fingerprint density at radius 3 is 2.26 bits per heavy atom. The molecule has 0 aliphatic heterocycles. The molecule has 0 aliphatic carbocycles. The van der Waals surface area contributed by atoms with E-state index in [-0.39, 0.29) is 43.8 Å². The first-order valence-corrected chi connectivity index (χ1v) is 17.0. The molecule has 2 atom stereocenters. The van der Waals surface area contributed by atoms with E-state index in [9.17, 15) is 18.0 Å². The van der Waals surface area contributed by atoms with Crippen LogP contribution in [0.3, 0.4) is 0 Å². The third-order valence-electron chi connectivity index (χ3n) is 7.61. The minimum atomic E-state index is -3.60. The summed E-state index contributed by atoms with van der Waals surface area (Å²) in [6.07, 6.45) is 2.53. The first-order chi connectivity index (χ1) is 20.3. The molecule has 3 aromatic carbocycles. The van der Waals surface area contributed by atoms with Gasteiger partial charge in [0.1, 0.15) is 6.04 Å². The largest absolute Gasteiger partial charge is 0.352 e. The Bertz CT molecular complexity index is 1520. The van der Waals surface area contributed by atoms with E-state index in [1.165, 1.54) is 10.6 Å². The number of aryl methyl sites for hydroxylation is 1. The minimum absolute atomic E-state index is 0.0418. The molecule has 0 spiro atoms. The highest BCUT2D eigenvalue weighted by molar-refractivity contribution is 7.92. The third-order valence-corrected chi connectivity index (χ3v) is 9.52. The lowest BCUT2D eigenvalue weighted by atomic mass is 10.0. The number of hydrogen-bond donors (Lipinski definition) is 1. The van der Waals surface area contributed by atoms with Crippen LogP contribution in [-0.2, 0) is 32.6 Å². The van der Waals surface area contributed by atoms with Crippen LogP contribution >= 0.6 is 23.2 Å². The molecule has 10 heteroatoms. The average Bonchev–Trinajstić information content (AvgIpc) is 2.96. The second-order valence-electron chi connectivity index (χ2n) is 11.0. The lowest BCUT2D eigenvalue weighted by Crippen LogP contribution is -2.52. The van der Waals surface area contributed by atoms with Crippen LogP contribution < -0.4 is 9.62 Å². The second-order valence-corrected chi connectivity index (χ2v) is 13.7. The van der Waals surface area contributed by atoms with E-state index in [1.54, 1.807) is 29.2 Å². The first kappa shape index (κ1) is 34.4. The SMILES string of the molecule is CC[C@H](C)NC(=O)[C@H](Cc1ccccc1)N(Cc1ccc(Cl)c(Cl)c1)C(=O)CCCN(c1cccc(C)c1C)S(C)(=O)=O. The van der Waals surface area contributed by atoms with Crippen LogP contribution in [-0.4, -0.2) is 50.0 Å². The highest BCUT2D eigenvalue weighted by atomic mass is 35.5. The fraction of sp³-hybridized carbons (Fsp3) is 0.394. The maximum atomic E-state index is 14.0. The fourth-order valence-corrected chi connectivity index (χ4v) is 6.15. The number of nitrogens with one attached hydrogen (secondary N) is 1. The Morgan fingerprint density at radius 2 is 1.63 bits per heavy atom. The number of amides is 2. The number of halogens is 2. The molecule has 0 aromatic heterocycles. The van der Waals surface area contributed by atoms with E-state index in [4.69, 9.17) is 23.2 Å². The van der Waals surface area contributed by atoms with E-state index in [0.29, 0.717) is 22.2 Å². The highest BCUT2D eigenvalue weighted by Crippen LogP contribution is 2.27. The molecule has 0 aliphatic rings. The summed E-state index contributed by atoms with van der Waals surface area (Å²) in [5, 5.41) is 3.80. The Labute approximate surface area is 266 Å². The molecule has 7 nitrogen and oxygen atoms in total. The van der Waals surface area contributed by atoms with Crippen molar-refractivity contribution >= 4 is 50.7 Å². The van der Waals surface area contributed by atoms with E-state index in [0.717, 1.165) is 28.7 Å². The molecular weight excluding hydrogens is 605 g/mol. The van der Waals surface area contributed by atoms with Crippen LogP contribution in [0.25, 0.3) is 0 Å². The number of anilines is 1. The van der Waals surface area contributed by atoms with E-state index in [2.05, 4.69) is 5.32 Å². The number of carbonyl (C=O) groups is 2. The molecule has 0 heterocycles. The van der Waals surface area contributed by atoms with Crippen molar-refractivity contribution in [1.29, 1.82) is 0 Å². The van der Waals surface area contributed by atoms with Gasteiger partial charge >= 0.3 is 0 Å². The van der Waals surface area contributed by atoms with Crippen LogP contribution in [0, 0.1) is 13.8 Å². The van der Waals surface area contributed by atoms with Crippen molar-refractivity contribution in [2.24, 2.45) is 0 Å². The van der Waals surface area contributed by atoms with Crippen LogP contribution in [0.2, 0.25) is 10.0 Å². The van der Waals surface area contributed by atoms with Crippen LogP contribution in [0.15, 0.2) is 66.7 Å². The summed E-state index contributed by atoms with van der Waals surface area (Å²) in [6.45, 7) is 7.98. The van der Waals surface area contributed by atoms with Crippen LogP contribution in [0.1, 0.15) is 55.4 Å². The topological polar surface area (TPSA) is 86.8 Å². The molecule has 0 fully saturated rings. The van der Waals surface area contributed by atoms with E-state index < -0.39 is 16.1 Å². The summed E-state index contributed by atoms with van der Waals surface area (Å²) < 4.78 is 26.9. The monoisotopic (exact) mass is 645 g/mol. The number of carbonyl (C=O) groups excluding carboxylic acids is 2. The van der Waals surface area contributed by atoms with E-state index in [1.807, 2.05) is 70.2 Å². The van der Waals surface area contributed by atoms with Gasteiger partial charge in [-0.05, 0) is 74.1 Å². The molecule has 0 unspecified atom stereocenters. The number of benzene rings is 3. The van der Waals surface area contributed by atoms with Gasteiger partial charge in [0.15, 0.2) is 0 Å². The number of rotatable bonds is 14. The summed E-state index contributed by atoms with van der Waals surface area (Å²) in [4.78, 5) is 29.3. The van der Waals surface area contributed by atoms with E-state index >= 15 is 0 Å². The molecule has 0 bridgehead atoms. The Kier molecular flexibility index (Phi) is 12.5. The Morgan fingerprint density at radius 1 is 0.930 bits per heavy atom. The average molecular weight is 647 g/mol. The molecule has 0 radical (unpaired) electrons. The zero-order chi connectivity index (χ0) is 31.7. The molecular formula is C33H41Cl2N3O4S. The van der Waals surface area contributed by atoms with Gasteiger partial charge in [-0.15, -0.1) is 0 Å². The lowest BCUT2D eigenvalue weighted by Gasteiger charge is -2.33. The Balaban J connectivity index is 1.93. The van der Waals surface area contributed by atoms with Gasteiger partial charge in [0.05, 0.1) is 22.0 Å². The number of hydrogen-bond acceptors (Lipinski definition) is 4. The maximum absolute atomic E-state index is 14.0. The quantitative estimate of drug-likeness (QED) is 0.211. The van der Waals surface area contributed by atoms with Gasteiger partial charge in [0.25, 0.3) is 0 Å². The molecule has 232 valence electrons. The van der Waals surface area contributed by atoms with Gasteiger partial charge in [-0.1, -0.05) is 78.7 Å². The predicted octanol–water partition coefficient (Wildman–Crippen LogP) is 6.71. The highest BCUT2D eigenvalue weighted by Gasteiger charge is 2.31. The van der Waals surface area contributed by atoms with Gasteiger partial charge in [0, 0.05) is 32.0 Å². The molecule has 2 amide bonds. The summed E-state index contributed by atoms with van der Waals surface area (Å²) >= 11 is 12.5. The zero-order valence-corrected chi connectivity index (χ0v) is 27.8. The Hall–Kier alpha value is -3.07. The maximum Gasteiger partial charge on any atom is 0.243 e. The molecule has 0 saturated carbocycles.